The average Bonchev–Trinajstić information content (AvgIpc) is 3.14. The number of halogens is 7. The lowest BCUT2D eigenvalue weighted by Crippen LogP contribution is -2.39. The second-order valence-electron chi connectivity index (χ2n) is 8.06. The number of hydrogen-bond donors (Lipinski definition) is 2. The molecule has 1 unspecified atom stereocenters. The minimum Gasteiger partial charge on any atom is -0.356 e. The van der Waals surface area contributed by atoms with Gasteiger partial charge in [0.25, 0.3) is 0 Å². The first kappa shape index (κ1) is 28.8. The number of nitrogens with zero attached hydrogens (tertiary/aromatic N) is 3. The maximum absolute atomic E-state index is 13.1. The lowest BCUT2D eigenvalue weighted by Gasteiger charge is -2.20. The number of carbonyl (C=O) groups excluding carboxylic acids is 2. The first-order valence-electron chi connectivity index (χ1n) is 10.9. The lowest BCUT2D eigenvalue weighted by atomic mass is 10.0. The molecule has 0 saturated carbocycles. The molecule has 0 fully saturated rings. The zero-order valence-electron chi connectivity index (χ0n) is 19.3. The molecule has 0 spiro atoms. The van der Waals surface area contributed by atoms with Gasteiger partial charge in [0.05, 0.1) is 18.0 Å². The number of benzene rings is 2. The van der Waals surface area contributed by atoms with Crippen LogP contribution in [0.25, 0.3) is 11.4 Å². The van der Waals surface area contributed by atoms with Gasteiger partial charge in [0.1, 0.15) is 6.54 Å². The first-order valence-corrected chi connectivity index (χ1v) is 11.3. The van der Waals surface area contributed by atoms with Crippen LogP contribution in [0.4, 0.5) is 26.3 Å². The summed E-state index contributed by atoms with van der Waals surface area (Å²) in [6.45, 7) is -1.80. The van der Waals surface area contributed by atoms with Crippen molar-refractivity contribution >= 4 is 23.9 Å². The molecular formula is C23H20ClF6N5O3. The zero-order valence-corrected chi connectivity index (χ0v) is 20.1. The maximum atomic E-state index is 13.1. The highest BCUT2D eigenvalue weighted by atomic mass is 35.5. The minimum absolute atomic E-state index is 0.0208. The molecule has 3 rings (SSSR count). The summed E-state index contributed by atoms with van der Waals surface area (Å²) in [4.78, 5) is 36.4. The van der Waals surface area contributed by atoms with Crippen LogP contribution in [0.15, 0.2) is 53.3 Å². The van der Waals surface area contributed by atoms with Crippen LogP contribution < -0.4 is 16.3 Å². The molecule has 0 radical (unpaired) electrons. The third kappa shape index (κ3) is 7.60. The Labute approximate surface area is 216 Å². The van der Waals surface area contributed by atoms with E-state index in [-0.39, 0.29) is 29.9 Å². The molecule has 0 saturated heterocycles. The largest absolute Gasteiger partial charge is 0.416 e. The van der Waals surface area contributed by atoms with Gasteiger partial charge in [-0.3, -0.25) is 14.2 Å². The number of nitrogens with one attached hydrogen (secondary N) is 2. The summed E-state index contributed by atoms with van der Waals surface area (Å²) < 4.78 is 79.4. The van der Waals surface area contributed by atoms with Crippen molar-refractivity contribution in [3.8, 4) is 11.4 Å². The third-order valence-corrected chi connectivity index (χ3v) is 5.55. The molecule has 1 aromatic heterocycles. The highest BCUT2D eigenvalue weighted by Gasteiger charge is 2.31. The summed E-state index contributed by atoms with van der Waals surface area (Å²) in [5, 5.41) is 9.04. The molecule has 0 aliphatic heterocycles. The second kappa shape index (κ2) is 11.7. The molecule has 2 amide bonds. The summed E-state index contributed by atoms with van der Waals surface area (Å²) in [7, 11) is 0. The number of amides is 2. The molecule has 2 N–H and O–H groups in total. The van der Waals surface area contributed by atoms with Crippen molar-refractivity contribution in [2.24, 2.45) is 0 Å². The topological polar surface area (TPSA) is 98.0 Å². The molecule has 1 heterocycles. The fourth-order valence-corrected chi connectivity index (χ4v) is 3.65. The van der Waals surface area contributed by atoms with Crippen molar-refractivity contribution in [1.29, 1.82) is 0 Å². The highest BCUT2D eigenvalue weighted by Crippen LogP contribution is 2.31. The zero-order chi connectivity index (χ0) is 28.1. The molecule has 204 valence electrons. The molecule has 38 heavy (non-hydrogen) atoms. The summed E-state index contributed by atoms with van der Waals surface area (Å²) in [5.74, 6) is -1.02. The van der Waals surface area contributed by atoms with Gasteiger partial charge in [-0.2, -0.15) is 26.3 Å². The van der Waals surface area contributed by atoms with Crippen molar-refractivity contribution in [3.05, 3.63) is 75.2 Å². The molecule has 3 aromatic rings. The molecule has 0 aliphatic carbocycles. The van der Waals surface area contributed by atoms with Gasteiger partial charge in [0.15, 0.2) is 5.82 Å². The maximum Gasteiger partial charge on any atom is 0.416 e. The monoisotopic (exact) mass is 563 g/mol. The van der Waals surface area contributed by atoms with Gasteiger partial charge in [0.2, 0.25) is 12.3 Å². The van der Waals surface area contributed by atoms with Crippen molar-refractivity contribution in [2.75, 3.05) is 6.54 Å². The lowest BCUT2D eigenvalue weighted by molar-refractivity contribution is -0.138. The molecule has 8 nitrogen and oxygen atoms in total. The Morgan fingerprint density at radius 3 is 2.37 bits per heavy atom. The van der Waals surface area contributed by atoms with Gasteiger partial charge in [-0.1, -0.05) is 23.7 Å². The van der Waals surface area contributed by atoms with Crippen molar-refractivity contribution in [1.82, 2.24) is 25.0 Å². The van der Waals surface area contributed by atoms with E-state index in [0.717, 1.165) is 22.8 Å². The predicted molar refractivity (Wildman–Crippen MR) is 124 cm³/mol. The molecule has 0 aliphatic rings. The highest BCUT2D eigenvalue weighted by molar-refractivity contribution is 6.30. The molecule has 1 atom stereocenters. The van der Waals surface area contributed by atoms with E-state index in [2.05, 4.69) is 15.7 Å². The van der Waals surface area contributed by atoms with E-state index in [9.17, 15) is 40.7 Å². The fraction of sp³-hybridized carbons (Fsp3) is 0.304. The van der Waals surface area contributed by atoms with Crippen LogP contribution in [0.3, 0.4) is 0 Å². The Balaban J connectivity index is 1.89. The van der Waals surface area contributed by atoms with Crippen LogP contribution in [-0.4, -0.2) is 39.4 Å². The Bertz CT molecular complexity index is 1340. The number of hydrogen-bond acceptors (Lipinski definition) is 4. The van der Waals surface area contributed by atoms with Gasteiger partial charge < -0.3 is 10.6 Å². The number of rotatable bonds is 10. The van der Waals surface area contributed by atoms with E-state index in [1.165, 1.54) is 30.3 Å². The van der Waals surface area contributed by atoms with Crippen LogP contribution in [0, 0.1) is 0 Å². The minimum atomic E-state index is -4.66. The smallest absolute Gasteiger partial charge is 0.356 e. The Kier molecular flexibility index (Phi) is 8.86. The van der Waals surface area contributed by atoms with Crippen LogP contribution in [0.2, 0.25) is 5.02 Å². The number of alkyl halides is 6. The summed E-state index contributed by atoms with van der Waals surface area (Å²) in [6.07, 6.45) is -10.3. The summed E-state index contributed by atoms with van der Waals surface area (Å²) in [5.41, 5.74) is -1.69. The van der Waals surface area contributed by atoms with Crippen molar-refractivity contribution in [2.45, 2.75) is 37.9 Å². The van der Waals surface area contributed by atoms with Crippen LogP contribution in [0.1, 0.15) is 23.6 Å². The van der Waals surface area contributed by atoms with Gasteiger partial charge in [0, 0.05) is 23.7 Å². The Hall–Kier alpha value is -3.81. The standard InChI is InChI=1S/C23H20ClF6N5O3/c24-17-6-4-14(5-7-17)20-33-35(21(38)34(20)9-8-22(25,26)27)12-19(37)32-18(11-31-13-36)15-2-1-3-16(10-15)23(28,29)30/h1-7,10,13,18H,8-9,11-12H2,(H,31,36)(H,32,37). The molecule has 0 bridgehead atoms. The van der Waals surface area contributed by atoms with E-state index in [1.54, 1.807) is 0 Å². The van der Waals surface area contributed by atoms with Gasteiger partial charge in [-0.15, -0.1) is 5.10 Å². The second-order valence-corrected chi connectivity index (χ2v) is 8.49. The summed E-state index contributed by atoms with van der Waals surface area (Å²) >= 11 is 5.85. The van der Waals surface area contributed by atoms with Crippen molar-refractivity contribution < 1.29 is 35.9 Å². The number of aromatic nitrogens is 3. The molecule has 2 aromatic carbocycles. The molecule has 15 heteroatoms. The van der Waals surface area contributed by atoms with Gasteiger partial charge in [-0.05, 0) is 42.0 Å². The average molecular weight is 564 g/mol. The van der Waals surface area contributed by atoms with E-state index < -0.39 is 55.1 Å². The normalized spacial score (nSPS) is 12.7. The first-order chi connectivity index (χ1) is 17.8. The molecular weight excluding hydrogens is 544 g/mol. The van der Waals surface area contributed by atoms with Crippen LogP contribution >= 0.6 is 11.6 Å². The third-order valence-electron chi connectivity index (χ3n) is 5.29. The van der Waals surface area contributed by atoms with E-state index in [1.807, 2.05) is 0 Å². The quantitative estimate of drug-likeness (QED) is 0.288. The van der Waals surface area contributed by atoms with Gasteiger partial charge in [-0.25, -0.2) is 9.48 Å². The van der Waals surface area contributed by atoms with Crippen LogP contribution in [0.5, 0.6) is 0 Å². The van der Waals surface area contributed by atoms with E-state index >= 15 is 0 Å². The van der Waals surface area contributed by atoms with E-state index in [0.29, 0.717) is 9.70 Å². The van der Waals surface area contributed by atoms with Gasteiger partial charge >= 0.3 is 18.0 Å². The summed E-state index contributed by atoms with van der Waals surface area (Å²) in [6, 6.07) is 8.72. The van der Waals surface area contributed by atoms with E-state index in [4.69, 9.17) is 11.6 Å². The van der Waals surface area contributed by atoms with Crippen molar-refractivity contribution in [3.63, 3.8) is 0 Å². The Morgan fingerprint density at radius 1 is 1.08 bits per heavy atom. The fourth-order valence-electron chi connectivity index (χ4n) is 3.52. The SMILES string of the molecule is O=CNCC(NC(=O)Cn1nc(-c2ccc(Cl)cc2)n(CCC(F)(F)F)c1=O)c1cccc(C(F)(F)F)c1. The Morgan fingerprint density at radius 2 is 1.76 bits per heavy atom. The predicted octanol–water partition coefficient (Wildman–Crippen LogP) is 3.94. The number of carbonyl (C=O) groups is 2. The van der Waals surface area contributed by atoms with Crippen LogP contribution in [-0.2, 0) is 28.9 Å².